The molecule has 1 aromatic carbocycles. The number of nitrogens with two attached hydrogens (primary N) is 1. The number of aromatic amines is 1. The van der Waals surface area contributed by atoms with Gasteiger partial charge in [-0.1, -0.05) is 0 Å². The minimum Gasteiger partial charge on any atom is -1.00 e. The van der Waals surface area contributed by atoms with Gasteiger partial charge in [0.1, 0.15) is 0 Å². The second kappa shape index (κ2) is 7.34. The van der Waals surface area contributed by atoms with Gasteiger partial charge < -0.3 is 18.1 Å². The molecule has 0 aliphatic heterocycles. The quantitative estimate of drug-likeness (QED) is 0.622. The van der Waals surface area contributed by atoms with E-state index in [4.69, 9.17) is 5.73 Å². The van der Waals surface area contributed by atoms with Crippen molar-refractivity contribution in [3.8, 4) is 0 Å². The topological polar surface area (TPSA) is 57.2 Å². The summed E-state index contributed by atoms with van der Waals surface area (Å²) in [5, 5.41) is 1.24. The maximum absolute atomic E-state index is 9.56. The van der Waals surface area contributed by atoms with Gasteiger partial charge in [-0.05, 0) is 24.6 Å². The molecule has 3 nitrogen and oxygen atoms in total. The van der Waals surface area contributed by atoms with Gasteiger partial charge in [-0.2, -0.15) is 0 Å². The monoisotopic (exact) mass is 286 g/mol. The fourth-order valence-electron chi connectivity index (χ4n) is 1.66. The number of aryl methyl sites for hydroxylation is 2. The number of rotatable bonds is 0. The molecular formula is C13H19ClN2OS. The molecule has 0 spiro atoms. The first-order chi connectivity index (χ1) is 7.90. The van der Waals surface area contributed by atoms with E-state index in [9.17, 15) is 4.21 Å². The molecule has 2 rings (SSSR count). The Labute approximate surface area is 117 Å². The molecule has 1 aromatic heterocycles. The average molecular weight is 287 g/mol. The number of halogens is 1. The van der Waals surface area contributed by atoms with Crippen molar-refractivity contribution in [2.45, 2.75) is 13.8 Å². The van der Waals surface area contributed by atoms with E-state index in [2.05, 4.69) is 31.0 Å². The Kier molecular flexibility index (Phi) is 6.88. The molecule has 1 heterocycles. The van der Waals surface area contributed by atoms with Crippen LogP contribution in [0.4, 0.5) is 5.69 Å². The minimum atomic E-state index is -0.611. The maximum atomic E-state index is 9.56. The summed E-state index contributed by atoms with van der Waals surface area (Å²) in [5.41, 5.74) is 10.1. The smallest absolute Gasteiger partial charge is 0.213 e. The van der Waals surface area contributed by atoms with E-state index in [-0.39, 0.29) is 12.4 Å². The van der Waals surface area contributed by atoms with Crippen LogP contribution in [-0.4, -0.2) is 16.7 Å². The lowest BCUT2D eigenvalue weighted by Gasteiger charge is -1.98. The van der Waals surface area contributed by atoms with Gasteiger partial charge in [-0.3, -0.25) is 4.21 Å². The second-order valence-electron chi connectivity index (χ2n) is 4.18. The van der Waals surface area contributed by atoms with Gasteiger partial charge in [-0.25, -0.2) is 4.98 Å². The van der Waals surface area contributed by atoms with E-state index < -0.39 is 10.8 Å². The highest BCUT2D eigenvalue weighted by atomic mass is 35.5. The summed E-state index contributed by atoms with van der Waals surface area (Å²) >= 11 is 0. The molecule has 0 atom stereocenters. The van der Waals surface area contributed by atoms with Crippen LogP contribution in [0, 0.1) is 13.8 Å². The molecule has 3 N–H and O–H groups in total. The molecule has 0 bridgehead atoms. The number of hydrogen-bond acceptors (Lipinski definition) is 2. The van der Waals surface area contributed by atoms with Crippen LogP contribution in [0.25, 0.3) is 10.9 Å². The van der Waals surface area contributed by atoms with Crippen LogP contribution in [0.15, 0.2) is 24.3 Å². The van der Waals surface area contributed by atoms with Crippen LogP contribution in [-0.2, 0) is 10.8 Å². The van der Waals surface area contributed by atoms with Gasteiger partial charge in [0.2, 0.25) is 5.52 Å². The van der Waals surface area contributed by atoms with Crippen molar-refractivity contribution in [2.75, 3.05) is 18.2 Å². The van der Waals surface area contributed by atoms with E-state index in [0.717, 1.165) is 16.9 Å². The summed E-state index contributed by atoms with van der Waals surface area (Å²) in [4.78, 5) is 3.29. The lowest BCUT2D eigenvalue weighted by Crippen LogP contribution is -3.00. The van der Waals surface area contributed by atoms with Crippen LogP contribution in [0.3, 0.4) is 0 Å². The van der Waals surface area contributed by atoms with Crippen LogP contribution < -0.4 is 23.1 Å². The number of aromatic nitrogens is 1. The third-order valence-corrected chi connectivity index (χ3v) is 2.23. The van der Waals surface area contributed by atoms with Crippen molar-refractivity contribution in [1.82, 2.24) is 0 Å². The fourth-order valence-corrected chi connectivity index (χ4v) is 1.66. The zero-order chi connectivity index (χ0) is 13.0. The molecule has 0 saturated heterocycles. The van der Waals surface area contributed by atoms with Crippen molar-refractivity contribution < 1.29 is 21.6 Å². The van der Waals surface area contributed by atoms with Crippen molar-refractivity contribution in [3.63, 3.8) is 0 Å². The van der Waals surface area contributed by atoms with Crippen molar-refractivity contribution >= 4 is 27.4 Å². The number of H-pyrrole nitrogens is 1. The molecule has 2 aromatic rings. The highest BCUT2D eigenvalue weighted by Gasteiger charge is 2.05. The number of pyridine rings is 1. The average Bonchev–Trinajstić information content (AvgIpc) is 2.14. The van der Waals surface area contributed by atoms with Gasteiger partial charge in [0.15, 0.2) is 5.69 Å². The highest BCUT2D eigenvalue weighted by Crippen LogP contribution is 2.17. The van der Waals surface area contributed by atoms with Crippen LogP contribution in [0.1, 0.15) is 11.3 Å². The summed E-state index contributed by atoms with van der Waals surface area (Å²) in [7, 11) is -0.611. The molecule has 0 unspecified atom stereocenters. The predicted octanol–water partition coefficient (Wildman–Crippen LogP) is -1.15. The van der Waals surface area contributed by atoms with Gasteiger partial charge in [0.25, 0.3) is 0 Å². The van der Waals surface area contributed by atoms with E-state index in [1.165, 1.54) is 10.9 Å². The number of hydrogen-bond donors (Lipinski definition) is 1. The molecule has 0 fully saturated rings. The van der Waals surface area contributed by atoms with Crippen molar-refractivity contribution in [1.29, 1.82) is 0 Å². The Balaban J connectivity index is 0.000000512. The number of nitrogen functional groups attached to an aromatic ring is 1. The van der Waals surface area contributed by atoms with Gasteiger partial charge in [-0.15, -0.1) is 0 Å². The molecular weight excluding hydrogens is 268 g/mol. The number of benzene rings is 1. The standard InChI is InChI=1S/C11H12N2.C2H6OS.ClH/c1-7-5-8(2)13-11-6-9(12)3-4-10(7)11;1-4(2)3;/h3-6H,12H2,1-2H3;1-2H3;1H. The van der Waals surface area contributed by atoms with Crippen LogP contribution in [0.2, 0.25) is 0 Å². The Bertz CT molecular complexity index is 549. The number of fused-ring (bicyclic) bond motifs is 1. The summed E-state index contributed by atoms with van der Waals surface area (Å²) in [5.74, 6) is 0. The van der Waals surface area contributed by atoms with E-state index in [1.54, 1.807) is 12.5 Å². The Morgan fingerprint density at radius 1 is 1.17 bits per heavy atom. The Morgan fingerprint density at radius 2 is 1.72 bits per heavy atom. The molecule has 0 saturated carbocycles. The largest absolute Gasteiger partial charge is 1.00 e. The summed E-state index contributed by atoms with van der Waals surface area (Å²) < 4.78 is 9.56. The lowest BCUT2D eigenvalue weighted by molar-refractivity contribution is -0.354. The van der Waals surface area contributed by atoms with E-state index in [1.807, 2.05) is 12.1 Å². The minimum absolute atomic E-state index is 0. The summed E-state index contributed by atoms with van der Waals surface area (Å²) in [6.45, 7) is 4.16. The number of anilines is 1. The summed E-state index contributed by atoms with van der Waals surface area (Å²) in [6.07, 6.45) is 3.28. The zero-order valence-electron chi connectivity index (χ0n) is 11.1. The molecule has 100 valence electrons. The zero-order valence-corrected chi connectivity index (χ0v) is 12.7. The molecule has 5 heteroatoms. The molecule has 18 heavy (non-hydrogen) atoms. The Morgan fingerprint density at radius 3 is 2.28 bits per heavy atom. The van der Waals surface area contributed by atoms with E-state index in [0.29, 0.717) is 0 Å². The fraction of sp³-hybridized carbons (Fsp3) is 0.308. The number of nitrogens with one attached hydrogen (secondary N) is 1. The van der Waals surface area contributed by atoms with Gasteiger partial charge in [0.05, 0.1) is 0 Å². The SMILES string of the molecule is CS(C)=O.Cc1cc(C)c2ccc(N)cc2[nH+]1.[Cl-]. The van der Waals surface area contributed by atoms with Crippen molar-refractivity contribution in [2.24, 2.45) is 0 Å². The van der Waals surface area contributed by atoms with Crippen LogP contribution in [0.5, 0.6) is 0 Å². The highest BCUT2D eigenvalue weighted by molar-refractivity contribution is 7.83. The van der Waals surface area contributed by atoms with Crippen molar-refractivity contribution in [3.05, 3.63) is 35.5 Å². The molecule has 0 radical (unpaired) electrons. The first-order valence-electron chi connectivity index (χ1n) is 5.34. The normalized spacial score (nSPS) is 9.61. The molecule has 0 aliphatic carbocycles. The van der Waals surface area contributed by atoms with Gasteiger partial charge in [0, 0.05) is 53.4 Å². The lowest BCUT2D eigenvalue weighted by atomic mass is 10.1. The Hall–Kier alpha value is -1.13. The summed E-state index contributed by atoms with van der Waals surface area (Å²) in [6, 6.07) is 8.09. The van der Waals surface area contributed by atoms with Gasteiger partial charge >= 0.3 is 0 Å². The predicted molar refractivity (Wildman–Crippen MR) is 74.4 cm³/mol. The third-order valence-electron chi connectivity index (χ3n) is 2.23. The van der Waals surface area contributed by atoms with E-state index >= 15 is 0 Å². The third kappa shape index (κ3) is 5.02. The van der Waals surface area contributed by atoms with Crippen LogP contribution >= 0.6 is 0 Å². The molecule has 0 aliphatic rings. The first-order valence-corrected chi connectivity index (χ1v) is 7.30. The molecule has 0 amide bonds. The second-order valence-corrected chi connectivity index (χ2v) is 5.67. The maximum Gasteiger partial charge on any atom is 0.213 e. The first kappa shape index (κ1) is 16.9.